The Labute approximate surface area is 214 Å². The highest BCUT2D eigenvalue weighted by Crippen LogP contribution is 2.21. The second kappa shape index (κ2) is 12.2. The summed E-state index contributed by atoms with van der Waals surface area (Å²) >= 11 is 0. The van der Waals surface area contributed by atoms with E-state index in [4.69, 9.17) is 28.4 Å². The van der Waals surface area contributed by atoms with Gasteiger partial charge in [0.2, 0.25) is 18.9 Å². The quantitative estimate of drug-likeness (QED) is 0.237. The minimum Gasteiger partial charge on any atom is -0.432 e. The Kier molecular flexibility index (Phi) is 10.7. The molecule has 1 rings (SSSR count). The predicted molar refractivity (Wildman–Crippen MR) is 134 cm³/mol. The van der Waals surface area contributed by atoms with E-state index in [2.05, 4.69) is 0 Å². The van der Waals surface area contributed by atoms with Gasteiger partial charge in [0.1, 0.15) is 0 Å². The Balaban J connectivity index is 3.26. The van der Waals surface area contributed by atoms with Gasteiger partial charge in [-0.2, -0.15) is 0 Å². The second-order valence-electron chi connectivity index (χ2n) is 11.4. The number of ether oxygens (including phenoxy) is 6. The molecule has 0 N–H and O–H groups in total. The van der Waals surface area contributed by atoms with Gasteiger partial charge >= 0.3 is 17.9 Å². The van der Waals surface area contributed by atoms with Crippen LogP contribution in [0.1, 0.15) is 114 Å². The van der Waals surface area contributed by atoms with E-state index in [9.17, 15) is 14.4 Å². The topological polar surface area (TPSA) is 107 Å². The second-order valence-corrected chi connectivity index (χ2v) is 11.4. The summed E-state index contributed by atoms with van der Waals surface area (Å²) in [5, 5.41) is 0. The van der Waals surface area contributed by atoms with Crippen molar-refractivity contribution in [3.8, 4) is 0 Å². The molecule has 0 radical (unpaired) electrons. The lowest BCUT2D eigenvalue weighted by atomic mass is 10.0. The number of hydrogen-bond acceptors (Lipinski definition) is 9. The monoisotopic (exact) mass is 510 g/mol. The molecule has 36 heavy (non-hydrogen) atoms. The zero-order valence-electron chi connectivity index (χ0n) is 23.6. The van der Waals surface area contributed by atoms with Crippen molar-refractivity contribution in [1.82, 2.24) is 0 Å². The molecule has 0 heterocycles. The van der Waals surface area contributed by atoms with Crippen LogP contribution in [-0.4, -0.2) is 53.6 Å². The summed E-state index contributed by atoms with van der Waals surface area (Å²) in [7, 11) is 0. The van der Waals surface area contributed by atoms with Crippen LogP contribution in [0.4, 0.5) is 0 Å². The Hall–Kier alpha value is -2.49. The average molecular weight is 511 g/mol. The molecule has 0 amide bonds. The molecular weight excluding hydrogens is 468 g/mol. The molecule has 9 nitrogen and oxygen atoms in total. The number of hydrogen-bond donors (Lipinski definition) is 0. The van der Waals surface area contributed by atoms with Crippen molar-refractivity contribution in [2.75, 3.05) is 0 Å². The first-order chi connectivity index (χ1) is 16.2. The number of esters is 3. The molecule has 1 aromatic carbocycles. The Bertz CT molecular complexity index is 917. The van der Waals surface area contributed by atoms with Crippen molar-refractivity contribution in [3.05, 3.63) is 34.9 Å². The van der Waals surface area contributed by atoms with E-state index >= 15 is 0 Å². The van der Waals surface area contributed by atoms with Gasteiger partial charge in [-0.15, -0.1) is 0 Å². The molecule has 3 atom stereocenters. The van der Waals surface area contributed by atoms with E-state index in [0.29, 0.717) is 0 Å². The first-order valence-corrected chi connectivity index (χ1v) is 12.0. The molecule has 0 bridgehead atoms. The normalized spacial score (nSPS) is 15.0. The highest BCUT2D eigenvalue weighted by Gasteiger charge is 2.28. The van der Waals surface area contributed by atoms with Crippen LogP contribution in [0, 0.1) is 0 Å². The van der Waals surface area contributed by atoms with Crippen molar-refractivity contribution < 1.29 is 42.8 Å². The number of benzene rings is 1. The maximum Gasteiger partial charge on any atom is 0.341 e. The molecule has 0 aliphatic heterocycles. The van der Waals surface area contributed by atoms with Crippen molar-refractivity contribution >= 4 is 17.9 Å². The fourth-order valence-corrected chi connectivity index (χ4v) is 3.23. The number of rotatable bonds is 9. The van der Waals surface area contributed by atoms with Crippen molar-refractivity contribution in [2.45, 2.75) is 119 Å². The van der Waals surface area contributed by atoms with Gasteiger partial charge < -0.3 is 28.4 Å². The van der Waals surface area contributed by atoms with Crippen LogP contribution in [0.2, 0.25) is 0 Å². The maximum atomic E-state index is 13.0. The molecule has 0 aliphatic rings. The largest absolute Gasteiger partial charge is 0.432 e. The Morgan fingerprint density at radius 1 is 0.556 bits per heavy atom. The molecular formula is C27H42O9. The molecule has 0 spiro atoms. The van der Waals surface area contributed by atoms with Crippen LogP contribution >= 0.6 is 0 Å². The van der Waals surface area contributed by atoms with Gasteiger partial charge in [0, 0.05) is 0 Å². The summed E-state index contributed by atoms with van der Waals surface area (Å²) in [5.41, 5.74) is -1.89. The Morgan fingerprint density at radius 3 is 1.25 bits per heavy atom. The van der Waals surface area contributed by atoms with Crippen LogP contribution in [-0.2, 0) is 28.4 Å². The molecule has 0 aliphatic carbocycles. The zero-order chi connectivity index (χ0) is 28.1. The van der Waals surface area contributed by atoms with Crippen molar-refractivity contribution in [1.29, 1.82) is 0 Å². The molecule has 3 unspecified atom stereocenters. The van der Waals surface area contributed by atoms with E-state index in [1.165, 1.54) is 18.2 Å². The van der Waals surface area contributed by atoms with Gasteiger partial charge in [0.15, 0.2) is 0 Å². The molecule has 204 valence electrons. The molecule has 0 fully saturated rings. The highest BCUT2D eigenvalue weighted by atomic mass is 16.7. The standard InChI is InChI=1S/C27H42O9/c1-16(34-25(4,5)6)31-22(28)19-13-14-20(23(29)32-17(2)35-26(7,8)9)21(15-19)24(30)33-18(3)36-27(10,11)12/h13-18H,1-12H3. The van der Waals surface area contributed by atoms with Crippen LogP contribution in [0.25, 0.3) is 0 Å². The summed E-state index contributed by atoms with van der Waals surface area (Å²) in [6.07, 6.45) is -2.64. The van der Waals surface area contributed by atoms with E-state index in [-0.39, 0.29) is 16.7 Å². The number of carbonyl (C=O) groups excluding carboxylic acids is 3. The van der Waals surface area contributed by atoms with Crippen molar-refractivity contribution in [3.63, 3.8) is 0 Å². The summed E-state index contributed by atoms with van der Waals surface area (Å²) < 4.78 is 33.0. The SMILES string of the molecule is CC(OC(=O)c1ccc(C(=O)OC(C)OC(C)(C)C)c(C(=O)OC(C)OC(C)(C)C)c1)OC(C)(C)C. The fraction of sp³-hybridized carbons (Fsp3) is 0.667. The van der Waals surface area contributed by atoms with Gasteiger partial charge in [0.05, 0.1) is 33.5 Å². The number of carbonyl (C=O) groups is 3. The van der Waals surface area contributed by atoms with Gasteiger partial charge in [-0.3, -0.25) is 0 Å². The first-order valence-electron chi connectivity index (χ1n) is 12.0. The van der Waals surface area contributed by atoms with Gasteiger partial charge in [-0.1, -0.05) is 0 Å². The third-order valence-corrected chi connectivity index (χ3v) is 4.07. The third kappa shape index (κ3) is 12.0. The average Bonchev–Trinajstić information content (AvgIpc) is 2.62. The molecule has 0 aromatic heterocycles. The van der Waals surface area contributed by atoms with Crippen molar-refractivity contribution in [2.24, 2.45) is 0 Å². The summed E-state index contributed by atoms with van der Waals surface area (Å²) in [5.74, 6) is -2.41. The minimum atomic E-state index is -0.916. The van der Waals surface area contributed by atoms with E-state index in [0.717, 1.165) is 0 Å². The summed E-state index contributed by atoms with van der Waals surface area (Å²) in [4.78, 5) is 38.7. The predicted octanol–water partition coefficient (Wildman–Crippen LogP) is 5.64. The highest BCUT2D eigenvalue weighted by molar-refractivity contribution is 6.05. The molecule has 9 heteroatoms. The van der Waals surface area contributed by atoms with Crippen LogP contribution < -0.4 is 0 Å². The smallest absolute Gasteiger partial charge is 0.341 e. The zero-order valence-corrected chi connectivity index (χ0v) is 23.6. The fourth-order valence-electron chi connectivity index (χ4n) is 3.23. The summed E-state index contributed by atoms with van der Waals surface area (Å²) in [6.45, 7) is 21.1. The van der Waals surface area contributed by atoms with Gasteiger partial charge in [-0.05, 0) is 101 Å². The molecule has 0 saturated carbocycles. The Morgan fingerprint density at radius 2 is 0.889 bits per heavy atom. The van der Waals surface area contributed by atoms with Crippen LogP contribution in [0.15, 0.2) is 18.2 Å². The maximum absolute atomic E-state index is 13.0. The third-order valence-electron chi connectivity index (χ3n) is 4.07. The summed E-state index contributed by atoms with van der Waals surface area (Å²) in [6, 6.07) is 3.90. The van der Waals surface area contributed by atoms with Gasteiger partial charge in [0.25, 0.3) is 0 Å². The van der Waals surface area contributed by atoms with E-state index in [1.807, 2.05) is 62.3 Å². The lowest BCUT2D eigenvalue weighted by Gasteiger charge is -2.26. The molecule has 0 saturated heterocycles. The lowest BCUT2D eigenvalue weighted by molar-refractivity contribution is -0.160. The van der Waals surface area contributed by atoms with Gasteiger partial charge in [-0.25, -0.2) is 14.4 Å². The lowest BCUT2D eigenvalue weighted by Crippen LogP contribution is -2.31. The van der Waals surface area contributed by atoms with E-state index in [1.54, 1.807) is 20.8 Å². The molecule has 1 aromatic rings. The van der Waals surface area contributed by atoms with Crippen LogP contribution in [0.3, 0.4) is 0 Å². The van der Waals surface area contributed by atoms with E-state index < -0.39 is 53.6 Å². The van der Waals surface area contributed by atoms with Crippen LogP contribution in [0.5, 0.6) is 0 Å². The minimum absolute atomic E-state index is 0.0336. The first kappa shape index (κ1) is 31.5.